The van der Waals surface area contributed by atoms with Gasteiger partial charge in [-0.2, -0.15) is 0 Å². The van der Waals surface area contributed by atoms with Crippen molar-refractivity contribution >= 4 is 17.0 Å². The molecule has 1 aromatic carbocycles. The third-order valence-electron chi connectivity index (χ3n) is 4.44. The number of benzene rings is 1. The molecule has 2 heterocycles. The van der Waals surface area contributed by atoms with Crippen molar-refractivity contribution in [3.05, 3.63) is 55.8 Å². The number of rotatable bonds is 5. The zero-order valence-electron chi connectivity index (χ0n) is 13.3. The first-order chi connectivity index (χ1) is 11.1. The number of fused-ring (bicyclic) bond motifs is 1. The summed E-state index contributed by atoms with van der Waals surface area (Å²) < 4.78 is 5.40. The van der Waals surface area contributed by atoms with E-state index < -0.39 is 0 Å². The van der Waals surface area contributed by atoms with Crippen LogP contribution in [0.15, 0.2) is 29.6 Å². The Kier molecular flexibility index (Phi) is 4.63. The van der Waals surface area contributed by atoms with Crippen LogP contribution in [0.4, 0.5) is 5.69 Å². The predicted molar refractivity (Wildman–Crippen MR) is 91.1 cm³/mol. The number of ether oxygens (including phenoxy) is 1. The van der Waals surface area contributed by atoms with Crippen LogP contribution in [0, 0.1) is 10.1 Å². The highest BCUT2D eigenvalue weighted by Crippen LogP contribution is 2.37. The summed E-state index contributed by atoms with van der Waals surface area (Å²) in [6.07, 6.45) is 2.07. The van der Waals surface area contributed by atoms with E-state index in [0.717, 1.165) is 24.9 Å². The average Bonchev–Trinajstić information content (AvgIpc) is 3.03. The number of nitro benzene ring substituents is 1. The fourth-order valence-electron chi connectivity index (χ4n) is 3.34. The molecule has 122 valence electrons. The molecule has 0 aliphatic carbocycles. The lowest BCUT2D eigenvalue weighted by molar-refractivity contribution is -0.385. The first-order valence-corrected chi connectivity index (χ1v) is 8.63. The summed E-state index contributed by atoms with van der Waals surface area (Å²) in [6, 6.07) is 7.40. The number of methoxy groups -OCH3 is 1. The van der Waals surface area contributed by atoms with Gasteiger partial charge in [-0.15, -0.1) is 11.3 Å². The molecule has 6 heteroatoms. The van der Waals surface area contributed by atoms with Gasteiger partial charge in [-0.1, -0.05) is 6.92 Å². The first-order valence-electron chi connectivity index (χ1n) is 7.75. The van der Waals surface area contributed by atoms with Crippen LogP contribution < -0.4 is 4.74 Å². The van der Waals surface area contributed by atoms with Crippen LogP contribution >= 0.6 is 11.3 Å². The Bertz CT molecular complexity index is 714. The van der Waals surface area contributed by atoms with E-state index in [1.165, 1.54) is 16.5 Å². The summed E-state index contributed by atoms with van der Waals surface area (Å²) in [4.78, 5) is 14.6. The van der Waals surface area contributed by atoms with Crippen LogP contribution in [0.25, 0.3) is 0 Å². The molecule has 1 atom stereocenters. The summed E-state index contributed by atoms with van der Waals surface area (Å²) in [5, 5.41) is 13.2. The number of non-ortho nitro benzene ring substituents is 1. The smallest absolute Gasteiger partial charge is 0.270 e. The predicted octanol–water partition coefficient (Wildman–Crippen LogP) is 4.17. The second-order valence-electron chi connectivity index (χ2n) is 5.70. The van der Waals surface area contributed by atoms with Crippen LogP contribution in [0.2, 0.25) is 0 Å². The maximum Gasteiger partial charge on any atom is 0.270 e. The molecular weight excluding hydrogens is 312 g/mol. The number of hydrogen-bond donors (Lipinski definition) is 0. The third kappa shape index (κ3) is 3.09. The molecule has 23 heavy (non-hydrogen) atoms. The molecule has 1 unspecified atom stereocenters. The summed E-state index contributed by atoms with van der Waals surface area (Å²) in [6.45, 7) is 3.83. The molecule has 1 aromatic heterocycles. The molecule has 0 saturated heterocycles. The lowest BCUT2D eigenvalue weighted by Gasteiger charge is -2.35. The topological polar surface area (TPSA) is 55.6 Å². The molecule has 0 N–H and O–H groups in total. The largest absolute Gasteiger partial charge is 0.496 e. The van der Waals surface area contributed by atoms with Crippen molar-refractivity contribution in [2.24, 2.45) is 0 Å². The van der Waals surface area contributed by atoms with Crippen molar-refractivity contribution in [1.29, 1.82) is 0 Å². The van der Waals surface area contributed by atoms with Gasteiger partial charge in [0.15, 0.2) is 0 Å². The minimum Gasteiger partial charge on any atom is -0.496 e. The van der Waals surface area contributed by atoms with Crippen molar-refractivity contribution in [3.63, 3.8) is 0 Å². The Balaban J connectivity index is 1.89. The highest BCUT2D eigenvalue weighted by molar-refractivity contribution is 7.10. The van der Waals surface area contributed by atoms with Gasteiger partial charge in [0.25, 0.3) is 5.69 Å². The SMILES string of the molecule is CCC1c2ccsc2CCN1Cc1cc([N+](=O)[O-])ccc1OC. The first kappa shape index (κ1) is 16.0. The highest BCUT2D eigenvalue weighted by Gasteiger charge is 2.27. The van der Waals surface area contributed by atoms with Crippen molar-refractivity contribution in [1.82, 2.24) is 4.90 Å². The average molecular weight is 332 g/mol. The molecule has 2 aromatic rings. The van der Waals surface area contributed by atoms with Crippen molar-refractivity contribution in [2.75, 3.05) is 13.7 Å². The highest BCUT2D eigenvalue weighted by atomic mass is 32.1. The molecule has 5 nitrogen and oxygen atoms in total. The van der Waals surface area contributed by atoms with Crippen LogP contribution in [0.1, 0.15) is 35.4 Å². The van der Waals surface area contributed by atoms with E-state index in [1.54, 1.807) is 19.2 Å². The van der Waals surface area contributed by atoms with Gasteiger partial charge in [0.2, 0.25) is 0 Å². The fraction of sp³-hybridized carbons (Fsp3) is 0.412. The molecule has 0 amide bonds. The molecule has 0 spiro atoms. The number of hydrogen-bond acceptors (Lipinski definition) is 5. The minimum atomic E-state index is -0.354. The summed E-state index contributed by atoms with van der Waals surface area (Å²) in [5.74, 6) is 0.710. The Hall–Kier alpha value is -1.92. The van der Waals surface area contributed by atoms with Crippen LogP contribution in [0.3, 0.4) is 0 Å². The zero-order valence-corrected chi connectivity index (χ0v) is 14.1. The van der Waals surface area contributed by atoms with E-state index in [9.17, 15) is 10.1 Å². The molecule has 3 rings (SSSR count). The van der Waals surface area contributed by atoms with Gasteiger partial charge >= 0.3 is 0 Å². The van der Waals surface area contributed by atoms with E-state index in [1.807, 2.05) is 11.3 Å². The maximum atomic E-state index is 11.0. The molecule has 0 radical (unpaired) electrons. The zero-order chi connectivity index (χ0) is 16.4. The van der Waals surface area contributed by atoms with Gasteiger partial charge in [-0.25, -0.2) is 0 Å². The monoisotopic (exact) mass is 332 g/mol. The van der Waals surface area contributed by atoms with Gasteiger partial charge in [0.05, 0.1) is 12.0 Å². The van der Waals surface area contributed by atoms with E-state index >= 15 is 0 Å². The van der Waals surface area contributed by atoms with Gasteiger partial charge in [0, 0.05) is 41.7 Å². The second kappa shape index (κ2) is 6.68. The standard InChI is InChI=1S/C17H20N2O3S/c1-3-15-14-7-9-23-17(14)6-8-18(15)11-12-10-13(19(20)21)4-5-16(12)22-2/h4-5,7,9-10,15H,3,6,8,11H2,1-2H3. The lowest BCUT2D eigenvalue weighted by atomic mass is 9.97. The van der Waals surface area contributed by atoms with Gasteiger partial charge in [0.1, 0.15) is 5.75 Å². The van der Waals surface area contributed by atoms with Crippen LogP contribution in [-0.4, -0.2) is 23.5 Å². The molecular formula is C17H20N2O3S. The van der Waals surface area contributed by atoms with Crippen LogP contribution in [-0.2, 0) is 13.0 Å². The third-order valence-corrected chi connectivity index (χ3v) is 5.44. The summed E-state index contributed by atoms with van der Waals surface area (Å²) >= 11 is 1.83. The van der Waals surface area contributed by atoms with E-state index in [-0.39, 0.29) is 10.6 Å². The number of thiophene rings is 1. The van der Waals surface area contributed by atoms with Crippen LogP contribution in [0.5, 0.6) is 5.75 Å². The quantitative estimate of drug-likeness (QED) is 0.609. The summed E-state index contributed by atoms with van der Waals surface area (Å²) in [7, 11) is 1.61. The maximum absolute atomic E-state index is 11.0. The van der Waals surface area contributed by atoms with Crippen molar-refractivity contribution in [3.8, 4) is 5.75 Å². The van der Waals surface area contributed by atoms with E-state index in [2.05, 4.69) is 23.3 Å². The van der Waals surface area contributed by atoms with Crippen molar-refractivity contribution in [2.45, 2.75) is 32.4 Å². The Morgan fingerprint density at radius 1 is 1.43 bits per heavy atom. The molecule has 0 fully saturated rings. The lowest BCUT2D eigenvalue weighted by Crippen LogP contribution is -2.34. The number of nitrogens with zero attached hydrogens (tertiary/aromatic N) is 2. The minimum absolute atomic E-state index is 0.113. The van der Waals surface area contributed by atoms with E-state index in [0.29, 0.717) is 18.3 Å². The Morgan fingerprint density at radius 2 is 2.26 bits per heavy atom. The fourth-order valence-corrected chi connectivity index (χ4v) is 4.26. The molecule has 0 saturated carbocycles. The van der Waals surface area contributed by atoms with Crippen molar-refractivity contribution < 1.29 is 9.66 Å². The van der Waals surface area contributed by atoms with Gasteiger partial charge < -0.3 is 4.74 Å². The molecule has 1 aliphatic heterocycles. The Morgan fingerprint density at radius 3 is 2.96 bits per heavy atom. The van der Waals surface area contributed by atoms with Gasteiger partial charge in [-0.3, -0.25) is 15.0 Å². The summed E-state index contributed by atoms with van der Waals surface area (Å²) in [5.41, 5.74) is 2.40. The number of nitro groups is 1. The normalized spacial score (nSPS) is 17.7. The van der Waals surface area contributed by atoms with E-state index in [4.69, 9.17) is 4.74 Å². The van der Waals surface area contributed by atoms with Gasteiger partial charge in [-0.05, 0) is 35.9 Å². The molecule has 0 bridgehead atoms. The molecule has 1 aliphatic rings. The second-order valence-corrected chi connectivity index (χ2v) is 6.70. The Labute approximate surface area is 139 Å².